The van der Waals surface area contributed by atoms with E-state index in [2.05, 4.69) is 5.32 Å². The van der Waals surface area contributed by atoms with Gasteiger partial charge in [0.05, 0.1) is 11.4 Å². The van der Waals surface area contributed by atoms with Crippen molar-refractivity contribution in [3.63, 3.8) is 0 Å². The molecule has 0 unspecified atom stereocenters. The highest BCUT2D eigenvalue weighted by atomic mass is 32.2. The van der Waals surface area contributed by atoms with Crippen LogP contribution in [0, 0.1) is 6.92 Å². The third-order valence-electron chi connectivity index (χ3n) is 5.68. The van der Waals surface area contributed by atoms with Crippen LogP contribution < -0.4 is 19.1 Å². The van der Waals surface area contributed by atoms with Crippen molar-refractivity contribution >= 4 is 27.5 Å². The molecule has 2 amide bonds. The number of ether oxygens (including phenoxy) is 2. The molecule has 0 aromatic heterocycles. The second-order valence-electron chi connectivity index (χ2n) is 8.03. The van der Waals surface area contributed by atoms with E-state index in [1.54, 1.807) is 25.1 Å². The van der Waals surface area contributed by atoms with Gasteiger partial charge in [-0.05, 0) is 38.5 Å². The van der Waals surface area contributed by atoms with Crippen LogP contribution in [-0.2, 0) is 26.2 Å². The third kappa shape index (κ3) is 5.80. The average Bonchev–Trinajstić information content (AvgIpc) is 2.85. The number of hydrogen-bond donors (Lipinski definition) is 1. The van der Waals surface area contributed by atoms with Crippen molar-refractivity contribution in [2.75, 3.05) is 36.9 Å². The van der Waals surface area contributed by atoms with E-state index in [0.717, 1.165) is 15.4 Å². The Morgan fingerprint density at radius 3 is 2.32 bits per heavy atom. The van der Waals surface area contributed by atoms with E-state index in [-0.39, 0.29) is 18.2 Å². The molecule has 0 radical (unpaired) electrons. The Morgan fingerprint density at radius 2 is 1.71 bits per heavy atom. The third-order valence-corrected chi connectivity index (χ3v) is 7.42. The number of hydrogen-bond acceptors (Lipinski definition) is 6. The molecule has 0 aliphatic carbocycles. The number of amides is 2. The molecule has 1 heterocycles. The first-order chi connectivity index (χ1) is 16.2. The Balaban J connectivity index is 1.94. The van der Waals surface area contributed by atoms with Crippen LogP contribution in [0.2, 0.25) is 0 Å². The summed E-state index contributed by atoms with van der Waals surface area (Å²) in [5, 5.41) is 2.56. The van der Waals surface area contributed by atoms with E-state index in [0.29, 0.717) is 30.4 Å². The van der Waals surface area contributed by atoms with Crippen LogP contribution >= 0.6 is 0 Å². The number of carbonyl (C=O) groups is 2. The number of anilines is 1. The van der Waals surface area contributed by atoms with Crippen molar-refractivity contribution in [1.29, 1.82) is 0 Å². The predicted molar refractivity (Wildman–Crippen MR) is 129 cm³/mol. The minimum absolute atomic E-state index is 0.162. The molecule has 34 heavy (non-hydrogen) atoms. The molecule has 9 nitrogen and oxygen atoms in total. The summed E-state index contributed by atoms with van der Waals surface area (Å²) in [6.45, 7) is 5.56. The summed E-state index contributed by atoms with van der Waals surface area (Å²) in [5.41, 5.74) is 2.20. The summed E-state index contributed by atoms with van der Waals surface area (Å²) in [7, 11) is -2.31. The highest BCUT2D eigenvalue weighted by Crippen LogP contribution is 2.35. The van der Waals surface area contributed by atoms with Crippen molar-refractivity contribution in [3.05, 3.63) is 53.6 Å². The van der Waals surface area contributed by atoms with Crippen molar-refractivity contribution in [2.45, 2.75) is 33.4 Å². The fraction of sp³-hybridized carbons (Fsp3) is 0.417. The zero-order valence-electron chi connectivity index (χ0n) is 19.9. The number of benzene rings is 2. The van der Waals surface area contributed by atoms with Gasteiger partial charge in [-0.2, -0.15) is 0 Å². The quantitative estimate of drug-likeness (QED) is 0.578. The molecular formula is C24H31N3O6S. The van der Waals surface area contributed by atoms with Gasteiger partial charge in [0.25, 0.3) is 0 Å². The lowest BCUT2D eigenvalue weighted by molar-refractivity contribution is -0.139. The fourth-order valence-electron chi connectivity index (χ4n) is 3.59. The topological polar surface area (TPSA) is 105 Å². The molecule has 2 aromatic rings. The Morgan fingerprint density at radius 1 is 1.06 bits per heavy atom. The lowest BCUT2D eigenvalue weighted by atomic mass is 10.1. The molecule has 1 aliphatic heterocycles. The summed E-state index contributed by atoms with van der Waals surface area (Å²) in [6, 6.07) is 11.6. The summed E-state index contributed by atoms with van der Waals surface area (Å²) in [6.07, 6.45) is 0. The van der Waals surface area contributed by atoms with Gasteiger partial charge in [-0.3, -0.25) is 13.9 Å². The molecule has 0 spiro atoms. The van der Waals surface area contributed by atoms with Gasteiger partial charge in [-0.1, -0.05) is 29.8 Å². The lowest BCUT2D eigenvalue weighted by Crippen LogP contribution is -2.51. The molecule has 0 saturated carbocycles. The Hall–Kier alpha value is -3.27. The predicted octanol–water partition coefficient (Wildman–Crippen LogP) is 2.09. The number of fused-ring (bicyclic) bond motifs is 1. The number of nitrogens with one attached hydrogen (secondary N) is 1. The maximum atomic E-state index is 13.5. The van der Waals surface area contributed by atoms with Gasteiger partial charge < -0.3 is 19.7 Å². The van der Waals surface area contributed by atoms with Crippen molar-refractivity contribution in [3.8, 4) is 11.5 Å². The van der Waals surface area contributed by atoms with E-state index >= 15 is 0 Å². The van der Waals surface area contributed by atoms with Crippen molar-refractivity contribution in [1.82, 2.24) is 10.2 Å². The number of sulfonamides is 1. The van der Waals surface area contributed by atoms with E-state index in [1.165, 1.54) is 18.9 Å². The molecule has 0 saturated heterocycles. The standard InChI is InChI=1S/C24H31N3O6S/c1-5-34(30,31)27(20-10-11-21-22(14-20)33-13-12-32-21)16-23(28)26(18(3)24(29)25-4)15-19-8-6-17(2)7-9-19/h6-11,14,18H,5,12-13,15-16H2,1-4H3,(H,25,29)/t18-/m1/s1. The largest absolute Gasteiger partial charge is 0.486 e. The van der Waals surface area contributed by atoms with Gasteiger partial charge in [0.2, 0.25) is 21.8 Å². The first-order valence-corrected chi connectivity index (χ1v) is 12.7. The highest BCUT2D eigenvalue weighted by molar-refractivity contribution is 7.92. The van der Waals surface area contributed by atoms with Crippen LogP contribution in [0.4, 0.5) is 5.69 Å². The zero-order valence-corrected chi connectivity index (χ0v) is 20.7. The SMILES string of the molecule is CCS(=O)(=O)N(CC(=O)N(Cc1ccc(C)cc1)[C@H](C)C(=O)NC)c1ccc2c(c1)OCCO2. The molecule has 1 N–H and O–H groups in total. The second kappa shape index (κ2) is 10.8. The molecule has 1 atom stereocenters. The second-order valence-corrected chi connectivity index (χ2v) is 10.2. The minimum Gasteiger partial charge on any atom is -0.486 e. The fourth-order valence-corrected chi connectivity index (χ4v) is 4.64. The molecule has 1 aliphatic rings. The first-order valence-electron chi connectivity index (χ1n) is 11.1. The van der Waals surface area contributed by atoms with Crippen molar-refractivity contribution in [2.24, 2.45) is 0 Å². The summed E-state index contributed by atoms with van der Waals surface area (Å²) >= 11 is 0. The number of rotatable bonds is 9. The molecule has 0 bridgehead atoms. The van der Waals surface area contributed by atoms with Gasteiger partial charge in [0.15, 0.2) is 11.5 Å². The van der Waals surface area contributed by atoms with Gasteiger partial charge in [0.1, 0.15) is 25.8 Å². The molecule has 3 rings (SSSR count). The zero-order chi connectivity index (χ0) is 24.9. The molecule has 10 heteroatoms. The number of likely N-dealkylation sites (N-methyl/N-ethyl adjacent to an activating group) is 1. The van der Waals surface area contributed by atoms with Crippen LogP contribution in [0.25, 0.3) is 0 Å². The molecule has 0 fully saturated rings. The van der Waals surface area contributed by atoms with Crippen LogP contribution in [0.5, 0.6) is 11.5 Å². The summed E-state index contributed by atoms with van der Waals surface area (Å²) in [5.74, 6) is -0.0991. The first kappa shape index (κ1) is 25.4. The lowest BCUT2D eigenvalue weighted by Gasteiger charge is -2.32. The minimum atomic E-state index is -3.81. The van der Waals surface area contributed by atoms with E-state index in [1.807, 2.05) is 31.2 Å². The molecule has 2 aromatic carbocycles. The Labute approximate surface area is 200 Å². The monoisotopic (exact) mass is 489 g/mol. The van der Waals surface area contributed by atoms with Crippen LogP contribution in [-0.4, -0.2) is 63.7 Å². The Bertz CT molecular complexity index is 1130. The van der Waals surface area contributed by atoms with Gasteiger partial charge >= 0.3 is 0 Å². The highest BCUT2D eigenvalue weighted by Gasteiger charge is 2.31. The van der Waals surface area contributed by atoms with Crippen LogP contribution in [0.3, 0.4) is 0 Å². The molecule has 184 valence electrons. The number of carbonyl (C=O) groups excluding carboxylic acids is 2. The van der Waals surface area contributed by atoms with Gasteiger partial charge in [-0.15, -0.1) is 0 Å². The van der Waals surface area contributed by atoms with Gasteiger partial charge in [0, 0.05) is 19.7 Å². The molecular weight excluding hydrogens is 458 g/mol. The Kier molecular flexibility index (Phi) is 8.03. The van der Waals surface area contributed by atoms with E-state index in [4.69, 9.17) is 9.47 Å². The summed E-state index contributed by atoms with van der Waals surface area (Å²) in [4.78, 5) is 27.3. The van der Waals surface area contributed by atoms with E-state index in [9.17, 15) is 18.0 Å². The van der Waals surface area contributed by atoms with E-state index < -0.39 is 28.5 Å². The summed E-state index contributed by atoms with van der Waals surface area (Å²) < 4.78 is 38.1. The van der Waals surface area contributed by atoms with Crippen LogP contribution in [0.1, 0.15) is 25.0 Å². The average molecular weight is 490 g/mol. The van der Waals surface area contributed by atoms with Gasteiger partial charge in [-0.25, -0.2) is 8.42 Å². The maximum absolute atomic E-state index is 13.5. The normalized spacial score (nSPS) is 13.6. The number of nitrogens with zero attached hydrogens (tertiary/aromatic N) is 2. The van der Waals surface area contributed by atoms with Crippen LogP contribution in [0.15, 0.2) is 42.5 Å². The van der Waals surface area contributed by atoms with Crippen molar-refractivity contribution < 1.29 is 27.5 Å². The maximum Gasteiger partial charge on any atom is 0.244 e. The smallest absolute Gasteiger partial charge is 0.244 e. The number of aryl methyl sites for hydroxylation is 1.